The first-order valence-electron chi connectivity index (χ1n) is 8.01. The molecule has 0 aliphatic carbocycles. The van der Waals surface area contributed by atoms with Crippen LogP contribution in [0, 0.1) is 0 Å². The van der Waals surface area contributed by atoms with Crippen molar-refractivity contribution in [3.8, 4) is 5.75 Å². The topological polar surface area (TPSA) is 78.6 Å². The van der Waals surface area contributed by atoms with Gasteiger partial charge in [-0.25, -0.2) is 4.79 Å². The van der Waals surface area contributed by atoms with Gasteiger partial charge in [0.1, 0.15) is 17.2 Å². The summed E-state index contributed by atoms with van der Waals surface area (Å²) >= 11 is 11.0. The highest BCUT2D eigenvalue weighted by Gasteiger charge is 2.21. The Balaban J connectivity index is 1.96. The Labute approximate surface area is 173 Å². The predicted molar refractivity (Wildman–Crippen MR) is 110 cm³/mol. The first kappa shape index (κ1) is 19.7. The molecule has 0 radical (unpaired) electrons. The minimum Gasteiger partial charge on any atom is -0.489 e. The van der Waals surface area contributed by atoms with Crippen LogP contribution in [0.5, 0.6) is 5.75 Å². The van der Waals surface area contributed by atoms with Crippen LogP contribution in [-0.2, 0) is 11.3 Å². The van der Waals surface area contributed by atoms with Gasteiger partial charge >= 0.3 is 5.97 Å². The third-order valence-electron chi connectivity index (χ3n) is 3.81. The molecule has 1 amide bonds. The Kier molecular flexibility index (Phi) is 6.04. The second-order valence-corrected chi connectivity index (χ2v) is 7.85. The van der Waals surface area contributed by atoms with E-state index in [9.17, 15) is 9.59 Å². The summed E-state index contributed by atoms with van der Waals surface area (Å²) in [5, 5.41) is 1.32. The lowest BCUT2D eigenvalue weighted by molar-refractivity contribution is 0.0529. The molecule has 27 heavy (non-hydrogen) atoms. The van der Waals surface area contributed by atoms with Gasteiger partial charge in [0.15, 0.2) is 0 Å². The molecule has 3 aromatic rings. The number of esters is 1. The highest BCUT2D eigenvalue weighted by molar-refractivity contribution is 9.10. The van der Waals surface area contributed by atoms with E-state index < -0.39 is 11.9 Å². The summed E-state index contributed by atoms with van der Waals surface area (Å²) in [7, 11) is 0. The maximum atomic E-state index is 12.4. The van der Waals surface area contributed by atoms with Crippen LogP contribution < -0.4 is 10.5 Å². The van der Waals surface area contributed by atoms with Crippen LogP contribution in [0.4, 0.5) is 0 Å². The maximum absolute atomic E-state index is 12.4. The lowest BCUT2D eigenvalue weighted by atomic mass is 10.1. The number of ether oxygens (including phenoxy) is 2. The third kappa shape index (κ3) is 4.10. The fourth-order valence-corrected chi connectivity index (χ4v) is 4.63. The molecule has 2 N–H and O–H groups in total. The van der Waals surface area contributed by atoms with Crippen LogP contribution in [0.15, 0.2) is 40.9 Å². The van der Waals surface area contributed by atoms with Crippen LogP contribution in [0.1, 0.15) is 32.5 Å². The normalized spacial score (nSPS) is 10.8. The van der Waals surface area contributed by atoms with Crippen molar-refractivity contribution in [2.45, 2.75) is 13.5 Å². The van der Waals surface area contributed by atoms with Gasteiger partial charge in [-0.05, 0) is 53.2 Å². The molecule has 5 nitrogen and oxygen atoms in total. The molecule has 0 spiro atoms. The van der Waals surface area contributed by atoms with Crippen LogP contribution >= 0.6 is 38.9 Å². The molecule has 0 saturated carbocycles. The molecule has 0 bridgehead atoms. The number of amides is 1. The zero-order valence-electron chi connectivity index (χ0n) is 14.3. The van der Waals surface area contributed by atoms with E-state index >= 15 is 0 Å². The summed E-state index contributed by atoms with van der Waals surface area (Å²) in [6.45, 7) is 2.16. The van der Waals surface area contributed by atoms with Crippen molar-refractivity contribution in [1.29, 1.82) is 0 Å². The van der Waals surface area contributed by atoms with Crippen molar-refractivity contribution in [3.63, 3.8) is 0 Å². The summed E-state index contributed by atoms with van der Waals surface area (Å²) in [6, 6.07) is 10.4. The Bertz CT molecular complexity index is 1030. The molecule has 0 aliphatic rings. The lowest BCUT2D eigenvalue weighted by Crippen LogP contribution is -2.11. The predicted octanol–water partition coefficient (Wildman–Crippen LogP) is 5.17. The standard InChI is InChI=1S/C19H15BrClNO4S/c1-2-25-19(24)17-12(16-14(21)4-3-5-15(16)27-17)9-26-10-6-7-11(18(22)23)13(20)8-10/h3-8H,2,9H2,1H3,(H2,22,23). The van der Waals surface area contributed by atoms with E-state index in [0.717, 1.165) is 10.1 Å². The number of benzene rings is 2. The van der Waals surface area contributed by atoms with Gasteiger partial charge in [0, 0.05) is 25.1 Å². The molecular formula is C19H15BrClNO4S. The van der Waals surface area contributed by atoms with Crippen molar-refractivity contribution in [2.24, 2.45) is 5.73 Å². The molecule has 0 fully saturated rings. The van der Waals surface area contributed by atoms with Crippen molar-refractivity contribution in [3.05, 3.63) is 61.9 Å². The second-order valence-electron chi connectivity index (χ2n) is 5.54. The Hall–Kier alpha value is -2.09. The largest absolute Gasteiger partial charge is 0.489 e. The number of hydrogen-bond acceptors (Lipinski definition) is 5. The first-order valence-corrected chi connectivity index (χ1v) is 10.00. The van der Waals surface area contributed by atoms with Gasteiger partial charge < -0.3 is 15.2 Å². The smallest absolute Gasteiger partial charge is 0.348 e. The quantitative estimate of drug-likeness (QED) is 0.506. The van der Waals surface area contributed by atoms with Crippen molar-refractivity contribution >= 4 is 60.8 Å². The fourth-order valence-electron chi connectivity index (χ4n) is 2.61. The number of carbonyl (C=O) groups excluding carboxylic acids is 2. The Morgan fingerprint density at radius 1 is 1.26 bits per heavy atom. The molecule has 140 valence electrons. The summed E-state index contributed by atoms with van der Waals surface area (Å²) in [5.41, 5.74) is 6.34. The number of rotatable bonds is 6. The van der Waals surface area contributed by atoms with E-state index in [2.05, 4.69) is 15.9 Å². The molecular weight excluding hydrogens is 454 g/mol. The molecule has 0 atom stereocenters. The summed E-state index contributed by atoms with van der Waals surface area (Å²) in [4.78, 5) is 24.2. The minimum atomic E-state index is -0.534. The van der Waals surface area contributed by atoms with Crippen LogP contribution in [-0.4, -0.2) is 18.5 Å². The van der Waals surface area contributed by atoms with E-state index in [0.29, 0.717) is 31.2 Å². The van der Waals surface area contributed by atoms with E-state index in [1.807, 2.05) is 12.1 Å². The van der Waals surface area contributed by atoms with Crippen molar-refractivity contribution < 1.29 is 19.1 Å². The second kappa shape index (κ2) is 8.29. The number of halogens is 2. The molecule has 8 heteroatoms. The van der Waals surface area contributed by atoms with Gasteiger partial charge in [0.05, 0.1) is 12.2 Å². The number of hydrogen-bond donors (Lipinski definition) is 1. The van der Waals surface area contributed by atoms with E-state index in [1.165, 1.54) is 11.3 Å². The molecule has 1 aromatic heterocycles. The molecule has 0 saturated heterocycles. The SMILES string of the molecule is CCOC(=O)c1sc2cccc(Cl)c2c1COc1ccc(C(N)=O)c(Br)c1. The number of nitrogens with two attached hydrogens (primary N) is 1. The molecule has 1 heterocycles. The Morgan fingerprint density at radius 2 is 2.04 bits per heavy atom. The summed E-state index contributed by atoms with van der Waals surface area (Å²) in [6.07, 6.45) is 0. The lowest BCUT2D eigenvalue weighted by Gasteiger charge is -2.10. The van der Waals surface area contributed by atoms with Crippen LogP contribution in [0.2, 0.25) is 5.02 Å². The van der Waals surface area contributed by atoms with Gasteiger partial charge in [-0.1, -0.05) is 17.7 Å². The maximum Gasteiger partial charge on any atom is 0.348 e. The zero-order valence-corrected chi connectivity index (χ0v) is 17.4. The minimum absolute atomic E-state index is 0.125. The average molecular weight is 469 g/mol. The molecule has 3 rings (SSSR count). The van der Waals surface area contributed by atoms with E-state index in [-0.39, 0.29) is 13.2 Å². The Morgan fingerprint density at radius 3 is 2.70 bits per heavy atom. The van der Waals surface area contributed by atoms with Crippen LogP contribution in [0.25, 0.3) is 10.1 Å². The zero-order chi connectivity index (χ0) is 19.6. The van der Waals surface area contributed by atoms with Gasteiger partial charge in [-0.2, -0.15) is 0 Å². The third-order valence-corrected chi connectivity index (χ3v) is 5.96. The average Bonchev–Trinajstić information content (AvgIpc) is 3.00. The summed E-state index contributed by atoms with van der Waals surface area (Å²) in [5.74, 6) is -0.416. The van der Waals surface area contributed by atoms with Crippen LogP contribution in [0.3, 0.4) is 0 Å². The number of primary amides is 1. The monoisotopic (exact) mass is 467 g/mol. The summed E-state index contributed by atoms with van der Waals surface area (Å²) < 4.78 is 12.4. The van der Waals surface area contributed by atoms with Gasteiger partial charge in [0.25, 0.3) is 0 Å². The first-order chi connectivity index (χ1) is 12.9. The molecule has 0 aliphatic heterocycles. The van der Waals surface area contributed by atoms with Gasteiger partial charge in [0.2, 0.25) is 5.91 Å². The van der Waals surface area contributed by atoms with E-state index in [1.54, 1.807) is 31.2 Å². The van der Waals surface area contributed by atoms with Crippen molar-refractivity contribution in [2.75, 3.05) is 6.61 Å². The molecule has 0 unspecified atom stereocenters. The number of fused-ring (bicyclic) bond motifs is 1. The number of thiophene rings is 1. The highest BCUT2D eigenvalue weighted by atomic mass is 79.9. The fraction of sp³-hybridized carbons (Fsp3) is 0.158. The van der Waals surface area contributed by atoms with Crippen molar-refractivity contribution in [1.82, 2.24) is 0 Å². The van der Waals surface area contributed by atoms with Gasteiger partial charge in [-0.3, -0.25) is 4.79 Å². The van der Waals surface area contributed by atoms with E-state index in [4.69, 9.17) is 26.8 Å². The van der Waals surface area contributed by atoms with Gasteiger partial charge in [-0.15, -0.1) is 11.3 Å². The highest BCUT2D eigenvalue weighted by Crippen LogP contribution is 2.37. The molecule has 2 aromatic carbocycles. The number of carbonyl (C=O) groups is 2.